The number of benzene rings is 2. The minimum Gasteiger partial charge on any atom is -0.223 e. The van der Waals surface area contributed by atoms with Gasteiger partial charge < -0.3 is 0 Å². The van der Waals surface area contributed by atoms with E-state index < -0.39 is 15.1 Å². The lowest BCUT2D eigenvalue weighted by Crippen LogP contribution is -2.17. The van der Waals surface area contributed by atoms with E-state index in [1.54, 1.807) is 19.1 Å². The molecule has 0 aromatic heterocycles. The van der Waals surface area contributed by atoms with Gasteiger partial charge in [-0.25, -0.2) is 8.42 Å². The van der Waals surface area contributed by atoms with Gasteiger partial charge in [-0.2, -0.15) is 0 Å². The maximum Gasteiger partial charge on any atom is 0.182 e. The summed E-state index contributed by atoms with van der Waals surface area (Å²) in [5.74, 6) is -0.0593. The van der Waals surface area contributed by atoms with E-state index in [9.17, 15) is 8.42 Å². The van der Waals surface area contributed by atoms with E-state index in [-0.39, 0.29) is 5.92 Å². The molecule has 2 atom stereocenters. The van der Waals surface area contributed by atoms with Gasteiger partial charge in [0, 0.05) is 9.49 Å². The fourth-order valence-electron chi connectivity index (χ4n) is 2.78. The fraction of sp³-hybridized carbons (Fsp3) is 0.200. The third-order valence-corrected chi connectivity index (χ3v) is 6.63. The second-order valence-corrected chi connectivity index (χ2v) is 8.34. The van der Waals surface area contributed by atoms with Crippen molar-refractivity contribution in [2.75, 3.05) is 0 Å². The highest BCUT2D eigenvalue weighted by Crippen LogP contribution is 2.44. The highest BCUT2D eigenvalue weighted by Gasteiger charge is 2.42. The van der Waals surface area contributed by atoms with Crippen molar-refractivity contribution in [3.8, 4) is 0 Å². The van der Waals surface area contributed by atoms with Crippen LogP contribution < -0.4 is 0 Å². The molecular formula is C15H13IO2S. The second kappa shape index (κ2) is 4.59. The number of halogens is 1. The van der Waals surface area contributed by atoms with Crippen LogP contribution in [-0.4, -0.2) is 13.7 Å². The standard InChI is InChI=1S/C15H13IO2S/c1-10-15(11-5-4-6-12(16)9-11)13-7-2-3-8-14(13)19(10,17)18/h2-10,15H,1H3. The van der Waals surface area contributed by atoms with Gasteiger partial charge in [0.2, 0.25) is 0 Å². The topological polar surface area (TPSA) is 34.1 Å². The van der Waals surface area contributed by atoms with Gasteiger partial charge in [0.15, 0.2) is 9.84 Å². The lowest BCUT2D eigenvalue weighted by Gasteiger charge is -2.16. The molecule has 0 saturated carbocycles. The molecule has 2 aromatic rings. The van der Waals surface area contributed by atoms with Crippen LogP contribution in [0.3, 0.4) is 0 Å². The van der Waals surface area contributed by atoms with Crippen molar-refractivity contribution in [3.63, 3.8) is 0 Å². The normalized spacial score (nSPS) is 24.1. The average Bonchev–Trinajstić information content (AvgIpc) is 2.58. The van der Waals surface area contributed by atoms with E-state index in [2.05, 4.69) is 28.7 Å². The molecule has 0 bridgehead atoms. The van der Waals surface area contributed by atoms with E-state index >= 15 is 0 Å². The number of fused-ring (bicyclic) bond motifs is 1. The molecule has 0 aliphatic carbocycles. The Hall–Kier alpha value is -0.880. The van der Waals surface area contributed by atoms with Crippen LogP contribution in [0.1, 0.15) is 24.0 Å². The van der Waals surface area contributed by atoms with Crippen LogP contribution in [0.4, 0.5) is 0 Å². The van der Waals surface area contributed by atoms with Gasteiger partial charge >= 0.3 is 0 Å². The second-order valence-electron chi connectivity index (χ2n) is 4.82. The summed E-state index contributed by atoms with van der Waals surface area (Å²) in [5, 5.41) is -0.400. The van der Waals surface area contributed by atoms with Crippen molar-refractivity contribution < 1.29 is 8.42 Å². The van der Waals surface area contributed by atoms with Crippen LogP contribution in [0.2, 0.25) is 0 Å². The maximum absolute atomic E-state index is 12.5. The van der Waals surface area contributed by atoms with Gasteiger partial charge in [0.05, 0.1) is 10.1 Å². The zero-order chi connectivity index (χ0) is 13.6. The largest absolute Gasteiger partial charge is 0.223 e. The summed E-state index contributed by atoms with van der Waals surface area (Å²) >= 11 is 2.26. The summed E-state index contributed by atoms with van der Waals surface area (Å²) in [4.78, 5) is 0.492. The highest BCUT2D eigenvalue weighted by atomic mass is 127. The molecule has 0 saturated heterocycles. The molecule has 1 aliphatic heterocycles. The summed E-state index contributed by atoms with van der Waals surface area (Å²) in [5.41, 5.74) is 2.00. The first-order valence-electron chi connectivity index (χ1n) is 6.10. The van der Waals surface area contributed by atoms with Crippen molar-refractivity contribution in [2.45, 2.75) is 23.0 Å². The number of hydrogen-bond donors (Lipinski definition) is 0. The van der Waals surface area contributed by atoms with Crippen LogP contribution in [0.5, 0.6) is 0 Å². The monoisotopic (exact) mass is 384 g/mol. The van der Waals surface area contributed by atoms with Crippen LogP contribution in [0.25, 0.3) is 0 Å². The van der Waals surface area contributed by atoms with Gasteiger partial charge in [-0.3, -0.25) is 0 Å². The Morgan fingerprint density at radius 2 is 1.79 bits per heavy atom. The smallest absolute Gasteiger partial charge is 0.182 e. The van der Waals surface area contributed by atoms with Gasteiger partial charge in [-0.05, 0) is 58.8 Å². The molecule has 0 spiro atoms. The summed E-state index contributed by atoms with van der Waals surface area (Å²) < 4.78 is 26.0. The number of hydrogen-bond acceptors (Lipinski definition) is 2. The lowest BCUT2D eigenvalue weighted by atomic mass is 9.89. The molecule has 2 nitrogen and oxygen atoms in total. The Labute approximate surface area is 126 Å². The van der Waals surface area contributed by atoms with Crippen LogP contribution in [-0.2, 0) is 9.84 Å². The Morgan fingerprint density at radius 3 is 2.53 bits per heavy atom. The summed E-state index contributed by atoms with van der Waals surface area (Å²) in [6, 6.07) is 15.4. The highest BCUT2D eigenvalue weighted by molar-refractivity contribution is 14.1. The van der Waals surface area contributed by atoms with E-state index in [1.807, 2.05) is 30.3 Å². The SMILES string of the molecule is CC1C(c2cccc(I)c2)c2ccccc2S1(=O)=O. The van der Waals surface area contributed by atoms with Crippen LogP contribution >= 0.6 is 22.6 Å². The minimum atomic E-state index is -3.20. The van der Waals surface area contributed by atoms with Gasteiger partial charge in [0.1, 0.15) is 0 Å². The molecule has 3 rings (SSSR count). The predicted molar refractivity (Wildman–Crippen MR) is 84.1 cm³/mol. The van der Waals surface area contributed by atoms with Crippen molar-refractivity contribution in [3.05, 3.63) is 63.2 Å². The molecule has 0 N–H and O–H groups in total. The molecule has 0 amide bonds. The maximum atomic E-state index is 12.5. The molecule has 0 fully saturated rings. The van der Waals surface area contributed by atoms with Crippen molar-refractivity contribution in [1.29, 1.82) is 0 Å². The first-order chi connectivity index (χ1) is 9.01. The van der Waals surface area contributed by atoms with Crippen molar-refractivity contribution >= 4 is 32.4 Å². The Bertz CT molecular complexity index is 737. The predicted octanol–water partition coefficient (Wildman–Crippen LogP) is 3.60. The third kappa shape index (κ3) is 2.01. The van der Waals surface area contributed by atoms with Crippen molar-refractivity contribution in [2.24, 2.45) is 0 Å². The molecule has 2 unspecified atom stereocenters. The van der Waals surface area contributed by atoms with Gasteiger partial charge in [-0.1, -0.05) is 30.3 Å². The molecule has 98 valence electrons. The van der Waals surface area contributed by atoms with E-state index in [0.29, 0.717) is 4.90 Å². The van der Waals surface area contributed by atoms with Crippen molar-refractivity contribution in [1.82, 2.24) is 0 Å². The van der Waals surface area contributed by atoms with E-state index in [4.69, 9.17) is 0 Å². The molecule has 1 aliphatic rings. The van der Waals surface area contributed by atoms with Crippen LogP contribution in [0, 0.1) is 3.57 Å². The Morgan fingerprint density at radius 1 is 1.05 bits per heavy atom. The minimum absolute atomic E-state index is 0.0593. The summed E-state index contributed by atoms with van der Waals surface area (Å²) in [6.07, 6.45) is 0. The summed E-state index contributed by atoms with van der Waals surface area (Å²) in [7, 11) is -3.20. The summed E-state index contributed by atoms with van der Waals surface area (Å²) in [6.45, 7) is 1.81. The zero-order valence-corrected chi connectivity index (χ0v) is 13.4. The first kappa shape index (κ1) is 13.1. The molecule has 2 aromatic carbocycles. The molecular weight excluding hydrogens is 371 g/mol. The fourth-order valence-corrected chi connectivity index (χ4v) is 5.20. The zero-order valence-electron chi connectivity index (χ0n) is 10.4. The molecule has 1 heterocycles. The van der Waals surface area contributed by atoms with E-state index in [1.165, 1.54) is 0 Å². The Kier molecular flexibility index (Phi) is 3.17. The third-order valence-electron chi connectivity index (χ3n) is 3.73. The molecule has 19 heavy (non-hydrogen) atoms. The molecule has 0 radical (unpaired) electrons. The lowest BCUT2D eigenvalue weighted by molar-refractivity contribution is 0.586. The quantitative estimate of drug-likeness (QED) is 0.705. The Balaban J connectivity index is 2.24. The first-order valence-corrected chi connectivity index (χ1v) is 8.72. The van der Waals surface area contributed by atoms with Gasteiger partial charge in [-0.15, -0.1) is 0 Å². The van der Waals surface area contributed by atoms with E-state index in [0.717, 1.165) is 14.7 Å². The van der Waals surface area contributed by atoms with Gasteiger partial charge in [0.25, 0.3) is 0 Å². The average molecular weight is 384 g/mol. The number of rotatable bonds is 1. The molecule has 4 heteroatoms. The van der Waals surface area contributed by atoms with Crippen LogP contribution in [0.15, 0.2) is 53.4 Å². The number of sulfone groups is 1.